The van der Waals surface area contributed by atoms with Crippen LogP contribution in [0.1, 0.15) is 0 Å². The number of nitrogens with two attached hydrogens (primary N) is 1. The summed E-state index contributed by atoms with van der Waals surface area (Å²) in [6, 6.07) is 0.862. The number of aromatic nitrogens is 1. The van der Waals surface area contributed by atoms with Crippen molar-refractivity contribution >= 4 is 32.5 Å². The molecule has 3 rings (SSSR count). The highest BCUT2D eigenvalue weighted by molar-refractivity contribution is 7.89. The van der Waals surface area contributed by atoms with Gasteiger partial charge in [0.1, 0.15) is 10.4 Å². The van der Waals surface area contributed by atoms with Gasteiger partial charge in [0.15, 0.2) is 17.7 Å². The molecule has 1 fully saturated rings. The lowest BCUT2D eigenvalue weighted by atomic mass is 10.2. The van der Waals surface area contributed by atoms with Gasteiger partial charge in [-0.3, -0.25) is 10.1 Å². The van der Waals surface area contributed by atoms with Gasteiger partial charge in [0.05, 0.1) is 30.8 Å². The van der Waals surface area contributed by atoms with Crippen molar-refractivity contribution in [2.45, 2.75) is 11.0 Å². The number of nitro benzene ring substituents is 1. The van der Waals surface area contributed by atoms with Gasteiger partial charge in [-0.15, -0.1) is 0 Å². The Balaban J connectivity index is 2.04. The van der Waals surface area contributed by atoms with Crippen LogP contribution in [0, 0.1) is 10.1 Å². The molecule has 24 heavy (non-hydrogen) atoms. The average molecular weight is 358 g/mol. The summed E-state index contributed by atoms with van der Waals surface area (Å²) in [4.78, 5) is 13.9. The number of hydrogen-bond acceptors (Lipinski definition) is 9. The third-order valence-electron chi connectivity index (χ3n) is 3.45. The van der Waals surface area contributed by atoms with E-state index in [2.05, 4.69) is 10.3 Å². The highest BCUT2D eigenvalue weighted by Crippen LogP contribution is 2.36. The lowest BCUT2D eigenvalue weighted by Gasteiger charge is -2.23. The fraction of sp³-hybridized carbons (Fsp3) is 0.417. The van der Waals surface area contributed by atoms with Crippen LogP contribution in [0.3, 0.4) is 0 Å². The van der Waals surface area contributed by atoms with E-state index in [0.29, 0.717) is 19.8 Å². The minimum atomic E-state index is -4.21. The summed E-state index contributed by atoms with van der Waals surface area (Å²) in [5.74, 6) is 0. The first-order valence-corrected chi connectivity index (χ1v) is 8.43. The Morgan fingerprint density at radius 2 is 2.25 bits per heavy atom. The molecule has 130 valence electrons. The molecule has 11 nitrogen and oxygen atoms in total. The number of nitrogens with one attached hydrogen (secondary N) is 1. The van der Waals surface area contributed by atoms with Crippen molar-refractivity contribution < 1.29 is 27.2 Å². The van der Waals surface area contributed by atoms with Crippen LogP contribution in [-0.4, -0.2) is 50.8 Å². The molecule has 1 aromatic carbocycles. The predicted octanol–water partition coefficient (Wildman–Crippen LogP) is 0.211. The number of sulfonamides is 1. The molecular weight excluding hydrogens is 344 g/mol. The first kappa shape index (κ1) is 16.6. The minimum absolute atomic E-state index is 0.00840. The number of oxazole rings is 1. The first-order valence-electron chi connectivity index (χ1n) is 6.88. The molecule has 1 saturated heterocycles. The van der Waals surface area contributed by atoms with E-state index in [1.807, 2.05) is 0 Å². The third kappa shape index (κ3) is 3.17. The van der Waals surface area contributed by atoms with Crippen LogP contribution in [0.2, 0.25) is 0 Å². The molecule has 0 bridgehead atoms. The number of primary sulfonamides is 1. The number of nitrogens with zero attached hydrogens (tertiary/aromatic N) is 2. The van der Waals surface area contributed by atoms with Crippen molar-refractivity contribution in [1.29, 1.82) is 0 Å². The van der Waals surface area contributed by atoms with E-state index in [1.54, 1.807) is 0 Å². The molecule has 0 amide bonds. The van der Waals surface area contributed by atoms with Gasteiger partial charge in [0, 0.05) is 12.6 Å². The predicted molar refractivity (Wildman–Crippen MR) is 81.1 cm³/mol. The number of rotatable bonds is 5. The van der Waals surface area contributed by atoms with E-state index in [4.69, 9.17) is 19.0 Å². The van der Waals surface area contributed by atoms with Crippen LogP contribution in [-0.2, 0) is 19.5 Å². The van der Waals surface area contributed by atoms with Crippen LogP contribution < -0.4 is 10.5 Å². The fourth-order valence-corrected chi connectivity index (χ4v) is 3.07. The van der Waals surface area contributed by atoms with Crippen LogP contribution in [0.15, 0.2) is 21.8 Å². The molecule has 0 saturated carbocycles. The Morgan fingerprint density at radius 1 is 1.46 bits per heavy atom. The molecule has 3 N–H and O–H groups in total. The van der Waals surface area contributed by atoms with Gasteiger partial charge in [-0.1, -0.05) is 0 Å². The largest absolute Gasteiger partial charge is 0.441 e. The second-order valence-electron chi connectivity index (χ2n) is 5.05. The Hall–Kier alpha value is -2.28. The average Bonchev–Trinajstić information content (AvgIpc) is 3.01. The van der Waals surface area contributed by atoms with Crippen molar-refractivity contribution in [3.8, 4) is 0 Å². The van der Waals surface area contributed by atoms with Crippen LogP contribution in [0.4, 0.5) is 11.4 Å². The van der Waals surface area contributed by atoms with Crippen molar-refractivity contribution in [2.75, 3.05) is 31.7 Å². The molecule has 2 heterocycles. The first-order chi connectivity index (χ1) is 11.4. The molecule has 0 unspecified atom stereocenters. The molecule has 1 atom stereocenters. The maximum absolute atomic E-state index is 11.7. The Kier molecular flexibility index (Phi) is 4.36. The second kappa shape index (κ2) is 6.32. The van der Waals surface area contributed by atoms with E-state index in [9.17, 15) is 18.5 Å². The Labute approximate surface area is 135 Å². The maximum Gasteiger partial charge on any atom is 0.297 e. The van der Waals surface area contributed by atoms with Crippen LogP contribution >= 0.6 is 0 Å². The zero-order chi connectivity index (χ0) is 17.3. The molecule has 1 aromatic heterocycles. The smallest absolute Gasteiger partial charge is 0.297 e. The number of anilines is 1. The molecule has 0 aliphatic carbocycles. The molecule has 0 radical (unpaired) electrons. The van der Waals surface area contributed by atoms with Crippen molar-refractivity contribution in [3.05, 3.63) is 22.6 Å². The zero-order valence-electron chi connectivity index (χ0n) is 12.3. The number of ether oxygens (including phenoxy) is 2. The highest BCUT2D eigenvalue weighted by atomic mass is 32.2. The highest BCUT2D eigenvalue weighted by Gasteiger charge is 2.28. The Bertz CT molecular complexity index is 873. The van der Waals surface area contributed by atoms with E-state index in [1.165, 1.54) is 0 Å². The van der Waals surface area contributed by atoms with Gasteiger partial charge in [0.25, 0.3) is 5.69 Å². The zero-order valence-corrected chi connectivity index (χ0v) is 13.1. The van der Waals surface area contributed by atoms with Crippen LogP contribution in [0.25, 0.3) is 11.1 Å². The standard InChI is InChI=1S/C12H14N4O7S/c13-24(19,20)9-3-8(16(17)18)10(12-11(9)15-6-23-12)14-4-7-5-21-1-2-22-7/h3,6-7,14H,1-2,4-5H2,(H2,13,19,20)/t7-/m0/s1. The van der Waals surface area contributed by atoms with E-state index in [0.717, 1.165) is 12.5 Å². The second-order valence-corrected chi connectivity index (χ2v) is 6.58. The van der Waals surface area contributed by atoms with Gasteiger partial charge < -0.3 is 19.2 Å². The SMILES string of the molecule is NS(=O)(=O)c1cc([N+](=O)[O-])c(NC[C@H]2COCCO2)c2ocnc12. The fourth-order valence-electron chi connectivity index (χ4n) is 2.38. The van der Waals surface area contributed by atoms with E-state index in [-0.39, 0.29) is 29.4 Å². The lowest BCUT2D eigenvalue weighted by molar-refractivity contribution is -0.384. The summed E-state index contributed by atoms with van der Waals surface area (Å²) in [5.41, 5.74) is -0.620. The molecule has 1 aliphatic rings. The lowest BCUT2D eigenvalue weighted by Crippen LogP contribution is -2.34. The minimum Gasteiger partial charge on any atom is -0.441 e. The summed E-state index contributed by atoms with van der Waals surface area (Å²) in [6.45, 7) is 1.48. The molecular formula is C12H14N4O7S. The van der Waals surface area contributed by atoms with Gasteiger partial charge >= 0.3 is 0 Å². The Morgan fingerprint density at radius 3 is 2.88 bits per heavy atom. The van der Waals surface area contributed by atoms with Crippen LogP contribution in [0.5, 0.6) is 0 Å². The van der Waals surface area contributed by atoms with E-state index < -0.39 is 25.5 Å². The van der Waals surface area contributed by atoms with E-state index >= 15 is 0 Å². The van der Waals surface area contributed by atoms with Gasteiger partial charge in [0.2, 0.25) is 10.0 Å². The normalized spacial score (nSPS) is 18.6. The third-order valence-corrected chi connectivity index (χ3v) is 4.37. The van der Waals surface area contributed by atoms with Crippen molar-refractivity contribution in [2.24, 2.45) is 5.14 Å². The van der Waals surface area contributed by atoms with Gasteiger partial charge in [-0.05, 0) is 0 Å². The maximum atomic E-state index is 11.7. The molecule has 1 aliphatic heterocycles. The quantitative estimate of drug-likeness (QED) is 0.562. The molecule has 12 heteroatoms. The van der Waals surface area contributed by atoms with Gasteiger partial charge in [-0.2, -0.15) is 0 Å². The molecule has 2 aromatic rings. The van der Waals surface area contributed by atoms with Crippen molar-refractivity contribution in [1.82, 2.24) is 4.98 Å². The summed E-state index contributed by atoms with van der Waals surface area (Å²) < 4.78 is 39.2. The van der Waals surface area contributed by atoms with Crippen molar-refractivity contribution in [3.63, 3.8) is 0 Å². The topological polar surface area (TPSA) is 160 Å². The summed E-state index contributed by atoms with van der Waals surface area (Å²) in [7, 11) is -4.21. The molecule has 0 spiro atoms. The number of hydrogen-bond donors (Lipinski definition) is 2. The monoisotopic (exact) mass is 358 g/mol. The summed E-state index contributed by atoms with van der Waals surface area (Å²) in [6.07, 6.45) is 0.698. The number of nitro groups is 1. The number of fused-ring (bicyclic) bond motifs is 1. The summed E-state index contributed by atoms with van der Waals surface area (Å²) in [5, 5.41) is 19.3. The van der Waals surface area contributed by atoms with Gasteiger partial charge in [-0.25, -0.2) is 18.5 Å². The number of benzene rings is 1. The summed E-state index contributed by atoms with van der Waals surface area (Å²) >= 11 is 0.